The minimum absolute atomic E-state index is 1.67. The van der Waals surface area contributed by atoms with Crippen LogP contribution in [0, 0.1) is 5.63 Å². The Hall–Kier alpha value is 0.560. The fraction of sp³-hybridized carbons (Fsp3) is 0.500. The van der Waals surface area contributed by atoms with Gasteiger partial charge in [-0.3, -0.25) is 0 Å². The van der Waals surface area contributed by atoms with Crippen LogP contribution in [-0.4, -0.2) is 4.83 Å². The summed E-state index contributed by atoms with van der Waals surface area (Å²) in [5.41, 5.74) is -1.95. The fourth-order valence-corrected chi connectivity index (χ4v) is 0. The molecule has 0 unspecified atom stereocenters. The second-order valence-corrected chi connectivity index (χ2v) is 2.09. The van der Waals surface area contributed by atoms with Crippen molar-refractivity contribution < 1.29 is 13.2 Å². The molecule has 0 spiro atoms. The highest BCUT2D eigenvalue weighted by Crippen LogP contribution is 2.36. The molecule has 0 saturated carbocycles. The van der Waals surface area contributed by atoms with Gasteiger partial charge in [-0.25, -0.2) is 4.39 Å². The first-order valence-corrected chi connectivity index (χ1v) is 2.37. The van der Waals surface area contributed by atoms with Crippen LogP contribution in [0.3, 0.4) is 0 Å². The summed E-state index contributed by atoms with van der Waals surface area (Å²) in [6.07, 6.45) is 0. The quantitative estimate of drug-likeness (QED) is 0.566. The summed E-state index contributed by atoms with van der Waals surface area (Å²) in [7, 11) is 0. The van der Waals surface area contributed by atoms with Crippen molar-refractivity contribution in [1.82, 2.24) is 0 Å². The molecule has 0 aliphatic heterocycles. The van der Waals surface area contributed by atoms with Gasteiger partial charge in [0.05, 0.1) is 0 Å². The maximum Gasteiger partial charge on any atom is 0.353 e. The van der Waals surface area contributed by atoms with Crippen LogP contribution in [0.1, 0.15) is 0 Å². The minimum Gasteiger partial charge on any atom is -0.213 e. The number of rotatable bonds is 1. The van der Waals surface area contributed by atoms with Crippen molar-refractivity contribution in [3.8, 4) is 0 Å². The highest BCUT2D eigenvalue weighted by atomic mass is 79.9. The number of alkyl halides is 3. The third kappa shape index (κ3) is 3.17. The van der Waals surface area contributed by atoms with E-state index in [1.807, 2.05) is 0 Å². The second-order valence-electron chi connectivity index (χ2n) is 0.758. The van der Waals surface area contributed by atoms with Crippen LogP contribution in [0.5, 0.6) is 0 Å². The smallest absolute Gasteiger partial charge is 0.213 e. The average molecular weight is 196 g/mol. The lowest BCUT2D eigenvalue weighted by Crippen LogP contribution is -2.07. The zero-order chi connectivity index (χ0) is 6.08. The Kier molecular flexibility index (Phi) is 2.40. The predicted octanol–water partition coefficient (Wildman–Crippen LogP) is 2.67. The first-order valence-electron chi connectivity index (χ1n) is 1.19. The van der Waals surface area contributed by atoms with Crippen LogP contribution >= 0.6 is 27.5 Å². The maximum atomic E-state index is 11.2. The van der Waals surface area contributed by atoms with Gasteiger partial charge in [0.2, 0.25) is 0 Å². The molecule has 0 fully saturated rings. The first kappa shape index (κ1) is 7.56. The Morgan fingerprint density at radius 3 is 1.71 bits per heavy atom. The molecule has 0 saturated heterocycles. The van der Waals surface area contributed by atoms with Gasteiger partial charge in [0.15, 0.2) is 0 Å². The minimum atomic E-state index is -3.67. The van der Waals surface area contributed by atoms with Gasteiger partial charge >= 0.3 is 10.5 Å². The Morgan fingerprint density at radius 1 is 1.57 bits per heavy atom. The predicted molar refractivity (Wildman–Crippen MR) is 24.1 cm³/mol. The van der Waals surface area contributed by atoms with E-state index in [2.05, 4.69) is 11.6 Å². The Bertz CT molecular complexity index is 58.4. The van der Waals surface area contributed by atoms with Crippen LogP contribution in [-0.2, 0) is 0 Å². The van der Waals surface area contributed by atoms with Crippen molar-refractivity contribution in [3.63, 3.8) is 0 Å². The molecule has 5 heteroatoms. The van der Waals surface area contributed by atoms with Crippen molar-refractivity contribution in [2.75, 3.05) is 0 Å². The number of hydrogen-bond acceptors (Lipinski definition) is 0. The van der Waals surface area contributed by atoms with Crippen molar-refractivity contribution in [2.45, 2.75) is 4.83 Å². The summed E-state index contributed by atoms with van der Waals surface area (Å²) >= 11 is 5.87. The van der Waals surface area contributed by atoms with E-state index in [0.717, 1.165) is 0 Å². The molecular weight excluding hydrogens is 196 g/mol. The molecule has 0 N–H and O–H groups in total. The Balaban J connectivity index is 3.54. The third-order valence-corrected chi connectivity index (χ3v) is 1.03. The molecule has 7 heavy (non-hydrogen) atoms. The number of halogens is 5. The zero-order valence-corrected chi connectivity index (χ0v) is 5.23. The third-order valence-electron chi connectivity index (χ3n) is 0.214. The van der Waals surface area contributed by atoms with Gasteiger partial charge in [0, 0.05) is 0 Å². The molecule has 0 aromatic rings. The Morgan fingerprint density at radius 2 is 1.71 bits per heavy atom. The highest BCUT2D eigenvalue weighted by molar-refractivity contribution is 9.10. The number of hydrogen-bond donors (Lipinski definition) is 0. The van der Waals surface area contributed by atoms with E-state index >= 15 is 0 Å². The van der Waals surface area contributed by atoms with Crippen molar-refractivity contribution in [2.24, 2.45) is 0 Å². The van der Waals surface area contributed by atoms with Gasteiger partial charge in [-0.05, 0) is 15.9 Å². The van der Waals surface area contributed by atoms with Crippen LogP contribution in [0.4, 0.5) is 13.2 Å². The van der Waals surface area contributed by atoms with Crippen LogP contribution in [0.2, 0.25) is 0 Å². The molecule has 0 aliphatic rings. The molecule has 0 aromatic heterocycles. The molecule has 0 rings (SSSR count). The summed E-state index contributed by atoms with van der Waals surface area (Å²) in [5.74, 6) is 0. The van der Waals surface area contributed by atoms with Gasteiger partial charge in [-0.15, -0.1) is 0 Å². The normalized spacial score (nSPS) is 12.9. The summed E-state index contributed by atoms with van der Waals surface area (Å²) in [5, 5.41) is 0. The molecule has 1 radical (unpaired) electrons. The zero-order valence-electron chi connectivity index (χ0n) is 2.89. The average Bonchev–Trinajstić information content (AvgIpc) is 1.31. The largest absolute Gasteiger partial charge is 0.353 e. The lowest BCUT2D eigenvalue weighted by molar-refractivity contribution is 0.109. The van der Waals surface area contributed by atoms with Crippen LogP contribution in [0.25, 0.3) is 0 Å². The van der Waals surface area contributed by atoms with Crippen molar-refractivity contribution in [3.05, 3.63) is 5.63 Å². The van der Waals surface area contributed by atoms with Gasteiger partial charge in [-0.1, -0.05) is 11.6 Å². The fourth-order valence-electron chi connectivity index (χ4n) is 0. The monoisotopic (exact) mass is 195 g/mol. The van der Waals surface area contributed by atoms with Gasteiger partial charge in [-0.2, -0.15) is 8.78 Å². The molecule has 0 bridgehead atoms. The molecule has 0 heterocycles. The van der Waals surface area contributed by atoms with Gasteiger partial charge in [0.25, 0.3) is 0 Å². The molecule has 0 amide bonds. The topological polar surface area (TPSA) is 0 Å². The first-order chi connectivity index (χ1) is 2.94. The van der Waals surface area contributed by atoms with Crippen molar-refractivity contribution in [1.29, 1.82) is 0 Å². The molecule has 0 nitrogen and oxygen atoms in total. The Labute approximate surface area is 51.8 Å². The second kappa shape index (κ2) is 2.22. The summed E-state index contributed by atoms with van der Waals surface area (Å²) in [4.78, 5) is -3.67. The van der Waals surface area contributed by atoms with Crippen LogP contribution < -0.4 is 0 Å². The lowest BCUT2D eigenvalue weighted by Gasteiger charge is -2.02. The van der Waals surface area contributed by atoms with Gasteiger partial charge < -0.3 is 0 Å². The maximum absolute atomic E-state index is 11.2. The van der Waals surface area contributed by atoms with Crippen LogP contribution in [0.15, 0.2) is 0 Å². The standard InChI is InChI=1S/C2BrClF3/c3-2(6,7)1(4)5. The molecule has 0 aromatic carbocycles. The van der Waals surface area contributed by atoms with Crippen molar-refractivity contribution >= 4 is 27.5 Å². The van der Waals surface area contributed by atoms with E-state index in [9.17, 15) is 13.2 Å². The molecular formula is C2BrClF3. The highest BCUT2D eigenvalue weighted by Gasteiger charge is 2.36. The lowest BCUT2D eigenvalue weighted by atomic mass is 10.8. The van der Waals surface area contributed by atoms with E-state index in [-0.39, 0.29) is 0 Å². The van der Waals surface area contributed by atoms with E-state index in [1.165, 1.54) is 0 Å². The van der Waals surface area contributed by atoms with Gasteiger partial charge in [0.1, 0.15) is 0 Å². The molecule has 0 atom stereocenters. The van der Waals surface area contributed by atoms with E-state index in [0.29, 0.717) is 0 Å². The van der Waals surface area contributed by atoms with E-state index < -0.39 is 10.5 Å². The summed E-state index contributed by atoms with van der Waals surface area (Å²) in [6.45, 7) is 0. The van der Waals surface area contributed by atoms with E-state index in [1.54, 1.807) is 15.9 Å². The SMILES string of the molecule is F[C](Cl)C(F)(F)Br. The summed E-state index contributed by atoms with van der Waals surface area (Å²) < 4.78 is 33.5. The summed E-state index contributed by atoms with van der Waals surface area (Å²) in [6, 6.07) is 0. The molecule has 0 aliphatic carbocycles. The van der Waals surface area contributed by atoms with E-state index in [4.69, 9.17) is 0 Å². The molecule has 43 valence electrons.